The van der Waals surface area contributed by atoms with E-state index in [-0.39, 0.29) is 6.03 Å². The van der Waals surface area contributed by atoms with Gasteiger partial charge in [0.2, 0.25) is 0 Å². The van der Waals surface area contributed by atoms with Gasteiger partial charge in [-0.1, -0.05) is 6.07 Å². The zero-order chi connectivity index (χ0) is 17.4. The lowest BCUT2D eigenvalue weighted by atomic mass is 9.94. The third-order valence-electron chi connectivity index (χ3n) is 6.58. The molecular formula is C20H30N4O. The minimum atomic E-state index is 0.0893. The number of nitrogens with zero attached hydrogens (tertiary/aromatic N) is 3. The van der Waals surface area contributed by atoms with Crippen molar-refractivity contribution < 1.29 is 4.79 Å². The molecular weight excluding hydrogens is 312 g/mol. The highest BCUT2D eigenvalue weighted by Crippen LogP contribution is 2.60. The summed E-state index contributed by atoms with van der Waals surface area (Å²) in [5, 5.41) is 3.21. The van der Waals surface area contributed by atoms with Crippen molar-refractivity contribution in [1.29, 1.82) is 0 Å². The van der Waals surface area contributed by atoms with Gasteiger partial charge >= 0.3 is 6.03 Å². The smallest absolute Gasteiger partial charge is 0.317 e. The number of urea groups is 1. The van der Waals surface area contributed by atoms with Crippen molar-refractivity contribution in [3.63, 3.8) is 0 Å². The lowest BCUT2D eigenvalue weighted by Crippen LogP contribution is -2.43. The molecule has 0 unspecified atom stereocenters. The standard InChI is InChI=1S/C20H30N4O/c1-23-11-7-16(18(23)15-4-3-10-21-12-15)13-24(2)19(25)22-14-20(8-9-20)17-5-6-17/h3-4,10,12,16-18H,5-9,11,13-14H2,1-2H3,(H,22,25)/t16-,18-/m0/s1. The molecule has 1 N–H and O–H groups in total. The van der Waals surface area contributed by atoms with Crippen molar-refractivity contribution in [3.8, 4) is 0 Å². The Balaban J connectivity index is 1.33. The van der Waals surface area contributed by atoms with Crippen molar-refractivity contribution >= 4 is 6.03 Å². The minimum absolute atomic E-state index is 0.0893. The van der Waals surface area contributed by atoms with Gasteiger partial charge in [-0.25, -0.2) is 4.79 Å². The Morgan fingerprint density at radius 2 is 2.20 bits per heavy atom. The monoisotopic (exact) mass is 342 g/mol. The molecule has 5 nitrogen and oxygen atoms in total. The Labute approximate surface area is 150 Å². The second-order valence-electron chi connectivity index (χ2n) is 8.44. The van der Waals surface area contributed by atoms with E-state index in [1.54, 1.807) is 0 Å². The van der Waals surface area contributed by atoms with Crippen LogP contribution in [-0.4, -0.2) is 54.5 Å². The van der Waals surface area contributed by atoms with Gasteiger partial charge in [-0.3, -0.25) is 9.88 Å². The highest BCUT2D eigenvalue weighted by molar-refractivity contribution is 5.74. The van der Waals surface area contributed by atoms with E-state index < -0.39 is 0 Å². The first-order valence-electron chi connectivity index (χ1n) is 9.68. The number of rotatable bonds is 6. The topological polar surface area (TPSA) is 48.5 Å². The molecule has 1 aliphatic heterocycles. The molecule has 2 atom stereocenters. The molecule has 3 fully saturated rings. The first kappa shape index (κ1) is 16.8. The van der Waals surface area contributed by atoms with E-state index in [0.717, 1.165) is 32.0 Å². The van der Waals surface area contributed by atoms with Gasteiger partial charge in [-0.05, 0) is 74.6 Å². The summed E-state index contributed by atoms with van der Waals surface area (Å²) in [4.78, 5) is 21.1. The van der Waals surface area contributed by atoms with Crippen LogP contribution in [0.5, 0.6) is 0 Å². The summed E-state index contributed by atoms with van der Waals surface area (Å²) < 4.78 is 0. The molecule has 1 aromatic rings. The van der Waals surface area contributed by atoms with Gasteiger partial charge in [0.15, 0.2) is 0 Å². The molecule has 4 rings (SSSR count). The van der Waals surface area contributed by atoms with Crippen LogP contribution < -0.4 is 5.32 Å². The first-order valence-corrected chi connectivity index (χ1v) is 9.68. The van der Waals surface area contributed by atoms with E-state index in [0.29, 0.717) is 17.4 Å². The number of nitrogens with one attached hydrogen (secondary N) is 1. The Kier molecular flexibility index (Phi) is 4.44. The molecule has 0 aromatic carbocycles. The fraction of sp³-hybridized carbons (Fsp3) is 0.700. The molecule has 2 aliphatic carbocycles. The zero-order valence-corrected chi connectivity index (χ0v) is 15.4. The minimum Gasteiger partial charge on any atom is -0.337 e. The SMILES string of the molecule is CN(C[C@@H]1CCN(C)[C@H]1c1cccnc1)C(=O)NCC1(C2CC2)CC1. The van der Waals surface area contributed by atoms with Crippen LogP contribution in [0.15, 0.2) is 24.5 Å². The van der Waals surface area contributed by atoms with Crippen molar-refractivity contribution in [2.45, 2.75) is 38.1 Å². The molecule has 0 radical (unpaired) electrons. The third-order valence-corrected chi connectivity index (χ3v) is 6.58. The second-order valence-corrected chi connectivity index (χ2v) is 8.44. The van der Waals surface area contributed by atoms with E-state index in [1.807, 2.05) is 30.4 Å². The predicted molar refractivity (Wildman–Crippen MR) is 98.1 cm³/mol. The number of pyridine rings is 1. The number of likely N-dealkylation sites (tertiary alicyclic amines) is 1. The van der Waals surface area contributed by atoms with Gasteiger partial charge in [0.1, 0.15) is 0 Å². The van der Waals surface area contributed by atoms with Crippen LogP contribution in [0.3, 0.4) is 0 Å². The molecule has 2 amide bonds. The Bertz CT molecular complexity index is 611. The van der Waals surface area contributed by atoms with Crippen molar-refractivity contribution in [2.75, 3.05) is 33.7 Å². The van der Waals surface area contributed by atoms with E-state index >= 15 is 0 Å². The molecule has 5 heteroatoms. The quantitative estimate of drug-likeness (QED) is 0.865. The van der Waals surface area contributed by atoms with E-state index in [1.165, 1.54) is 31.2 Å². The Hall–Kier alpha value is -1.62. The van der Waals surface area contributed by atoms with Crippen LogP contribution >= 0.6 is 0 Å². The normalized spacial score (nSPS) is 27.9. The molecule has 2 heterocycles. The van der Waals surface area contributed by atoms with Crippen LogP contribution in [0.1, 0.15) is 43.7 Å². The summed E-state index contributed by atoms with van der Waals surface area (Å²) in [5.41, 5.74) is 1.72. The van der Waals surface area contributed by atoms with Crippen molar-refractivity contribution in [3.05, 3.63) is 30.1 Å². The summed E-state index contributed by atoms with van der Waals surface area (Å²) >= 11 is 0. The van der Waals surface area contributed by atoms with Crippen LogP contribution in [0, 0.1) is 17.3 Å². The van der Waals surface area contributed by atoms with Crippen LogP contribution in [0.2, 0.25) is 0 Å². The summed E-state index contributed by atoms with van der Waals surface area (Å²) in [6.07, 6.45) is 10.3. The predicted octanol–water partition coefficient (Wildman–Crippen LogP) is 2.91. The fourth-order valence-corrected chi connectivity index (χ4v) is 4.70. The van der Waals surface area contributed by atoms with Gasteiger partial charge in [0, 0.05) is 38.6 Å². The number of carbonyl (C=O) groups excluding carboxylic acids is 1. The van der Waals surface area contributed by atoms with Gasteiger partial charge in [-0.15, -0.1) is 0 Å². The highest BCUT2D eigenvalue weighted by atomic mass is 16.2. The fourth-order valence-electron chi connectivity index (χ4n) is 4.70. The van der Waals surface area contributed by atoms with Gasteiger partial charge < -0.3 is 10.2 Å². The molecule has 0 spiro atoms. The van der Waals surface area contributed by atoms with Gasteiger partial charge in [-0.2, -0.15) is 0 Å². The average molecular weight is 342 g/mol. The van der Waals surface area contributed by atoms with Crippen LogP contribution in [-0.2, 0) is 0 Å². The van der Waals surface area contributed by atoms with Crippen molar-refractivity contribution in [2.24, 2.45) is 17.3 Å². The maximum Gasteiger partial charge on any atom is 0.317 e. The molecule has 2 saturated carbocycles. The second kappa shape index (κ2) is 6.60. The number of hydrogen-bond donors (Lipinski definition) is 1. The zero-order valence-electron chi connectivity index (χ0n) is 15.4. The first-order chi connectivity index (χ1) is 12.1. The van der Waals surface area contributed by atoms with Gasteiger partial charge in [0.05, 0.1) is 0 Å². The van der Waals surface area contributed by atoms with Crippen molar-refractivity contribution in [1.82, 2.24) is 20.1 Å². The van der Waals surface area contributed by atoms with Crippen LogP contribution in [0.25, 0.3) is 0 Å². The van der Waals surface area contributed by atoms with Gasteiger partial charge in [0.25, 0.3) is 0 Å². The lowest BCUT2D eigenvalue weighted by molar-refractivity contribution is 0.186. The molecule has 25 heavy (non-hydrogen) atoms. The highest BCUT2D eigenvalue weighted by Gasteiger charge is 2.53. The number of hydrogen-bond acceptors (Lipinski definition) is 3. The summed E-state index contributed by atoms with van der Waals surface area (Å²) in [6, 6.07) is 4.60. The molecule has 1 saturated heterocycles. The molecule has 136 valence electrons. The molecule has 1 aromatic heterocycles. The number of aromatic nitrogens is 1. The Morgan fingerprint density at radius 3 is 2.84 bits per heavy atom. The number of amides is 2. The third kappa shape index (κ3) is 3.52. The van der Waals surface area contributed by atoms with E-state index in [9.17, 15) is 4.79 Å². The molecule has 0 bridgehead atoms. The molecule has 3 aliphatic rings. The summed E-state index contributed by atoms with van der Waals surface area (Å²) in [5.74, 6) is 1.35. The lowest BCUT2D eigenvalue weighted by Gasteiger charge is -2.29. The van der Waals surface area contributed by atoms with E-state index in [4.69, 9.17) is 0 Å². The van der Waals surface area contributed by atoms with E-state index in [2.05, 4.69) is 28.3 Å². The van der Waals surface area contributed by atoms with Crippen LogP contribution in [0.4, 0.5) is 4.79 Å². The summed E-state index contributed by atoms with van der Waals surface area (Å²) in [6.45, 7) is 2.74. The number of carbonyl (C=O) groups is 1. The Morgan fingerprint density at radius 1 is 1.40 bits per heavy atom. The largest absolute Gasteiger partial charge is 0.337 e. The maximum absolute atomic E-state index is 12.6. The maximum atomic E-state index is 12.6. The summed E-state index contributed by atoms with van der Waals surface area (Å²) in [7, 11) is 4.11. The average Bonchev–Trinajstić information content (AvgIpc) is 3.52.